The van der Waals surface area contributed by atoms with Gasteiger partial charge < -0.3 is 29.0 Å². The summed E-state index contributed by atoms with van der Waals surface area (Å²) in [6.45, 7) is 8.09. The predicted octanol–water partition coefficient (Wildman–Crippen LogP) is 4.28. The van der Waals surface area contributed by atoms with Gasteiger partial charge in [-0.15, -0.1) is 0 Å². The number of amides is 1. The van der Waals surface area contributed by atoms with E-state index in [2.05, 4.69) is 12.2 Å². The number of carbonyl (C=O) groups excluding carboxylic acids is 1. The molecule has 1 saturated heterocycles. The molecule has 9 heteroatoms. The highest BCUT2D eigenvalue weighted by molar-refractivity contribution is 8.03. The highest BCUT2D eigenvalue weighted by atomic mass is 32.2. The molecule has 31 heavy (non-hydrogen) atoms. The van der Waals surface area contributed by atoms with Crippen LogP contribution in [0.5, 0.6) is 0 Å². The lowest BCUT2D eigenvalue weighted by molar-refractivity contribution is -0.0659. The second-order valence-electron chi connectivity index (χ2n) is 7.09. The fraction of sp³-hybridized carbons (Fsp3) is 0.636. The molecule has 1 aromatic carbocycles. The van der Waals surface area contributed by atoms with Crippen molar-refractivity contribution in [2.45, 2.75) is 57.5 Å². The zero-order chi connectivity index (χ0) is 22.5. The molecule has 3 atom stereocenters. The number of nitrogens with one attached hydrogen (secondary N) is 1. The third-order valence-corrected chi connectivity index (χ3v) is 5.48. The third kappa shape index (κ3) is 8.67. The molecule has 3 unspecified atom stereocenters. The predicted molar refractivity (Wildman–Crippen MR) is 117 cm³/mol. The molecule has 8 nitrogen and oxygen atoms in total. The van der Waals surface area contributed by atoms with E-state index < -0.39 is 17.8 Å². The molecule has 1 heterocycles. The van der Waals surface area contributed by atoms with Crippen molar-refractivity contribution in [1.82, 2.24) is 5.32 Å². The Balaban J connectivity index is 1.82. The lowest BCUT2D eigenvalue weighted by Crippen LogP contribution is -2.29. The first-order valence-corrected chi connectivity index (χ1v) is 11.5. The first-order chi connectivity index (χ1) is 15.1. The number of alkyl carbamates (subject to hydrolysis) is 1. The molecule has 0 spiro atoms. The van der Waals surface area contributed by atoms with Crippen LogP contribution in [0.2, 0.25) is 0 Å². The first-order valence-electron chi connectivity index (χ1n) is 10.6. The number of rotatable bonds is 13. The van der Waals surface area contributed by atoms with E-state index in [4.69, 9.17) is 23.7 Å². The van der Waals surface area contributed by atoms with Crippen LogP contribution in [0.3, 0.4) is 0 Å². The number of thioether (sulfide) groups is 1. The van der Waals surface area contributed by atoms with E-state index in [0.29, 0.717) is 13.2 Å². The van der Waals surface area contributed by atoms with E-state index in [9.17, 15) is 10.1 Å². The van der Waals surface area contributed by atoms with E-state index in [1.165, 1.54) is 0 Å². The summed E-state index contributed by atoms with van der Waals surface area (Å²) in [6.07, 6.45) is 0.864. The number of nitriles is 1. The van der Waals surface area contributed by atoms with Crippen LogP contribution in [0.1, 0.15) is 56.4 Å². The smallest absolute Gasteiger partial charge is 0.408 e. The highest BCUT2D eigenvalue weighted by Crippen LogP contribution is 2.37. The number of carbonyl (C=O) groups is 1. The Kier molecular flexibility index (Phi) is 11.7. The molecule has 1 amide bonds. The molecule has 0 aliphatic carbocycles. The summed E-state index contributed by atoms with van der Waals surface area (Å²) in [5, 5.41) is 13.4. The van der Waals surface area contributed by atoms with Gasteiger partial charge in [-0.3, -0.25) is 0 Å². The molecule has 1 aliphatic heterocycles. The molecule has 2 rings (SSSR count). The molecule has 1 N–H and O–H groups in total. The topological polar surface area (TPSA) is 99.0 Å². The van der Waals surface area contributed by atoms with Crippen LogP contribution in [0.25, 0.3) is 0 Å². The maximum atomic E-state index is 12.2. The van der Waals surface area contributed by atoms with Gasteiger partial charge in [-0.25, -0.2) is 4.79 Å². The standard InChI is InChI=1S/C22H32N2O6S/c1-4-5-10-26-11-12-27-13-14-28-22(25)24-20(31-15-23)18-8-6-7-9-19(18)21-29-16(2)17(3)30-21/h6-9,16-17,20-21H,4-5,10-14H2,1-3H3,(H,24,25). The van der Waals surface area contributed by atoms with Crippen LogP contribution in [0.4, 0.5) is 4.79 Å². The molecule has 0 radical (unpaired) electrons. The minimum Gasteiger partial charge on any atom is -0.447 e. The van der Waals surface area contributed by atoms with Crippen molar-refractivity contribution >= 4 is 17.9 Å². The Hall–Kier alpha value is -1.83. The SMILES string of the molecule is CCCCOCCOCCOC(=O)NC(SC#N)c1ccccc1C1OC(C)C(C)O1. The summed E-state index contributed by atoms with van der Waals surface area (Å²) in [5.41, 5.74) is 1.51. The highest BCUT2D eigenvalue weighted by Gasteiger charge is 2.33. The lowest BCUT2D eigenvalue weighted by atomic mass is 10.1. The summed E-state index contributed by atoms with van der Waals surface area (Å²) < 4.78 is 27.7. The molecule has 0 saturated carbocycles. The average Bonchev–Trinajstić information content (AvgIpc) is 3.10. The Morgan fingerprint density at radius 2 is 1.77 bits per heavy atom. The lowest BCUT2D eigenvalue weighted by Gasteiger charge is -2.21. The number of hydrogen-bond acceptors (Lipinski definition) is 8. The Bertz CT molecular complexity index is 703. The van der Waals surface area contributed by atoms with Crippen molar-refractivity contribution in [2.24, 2.45) is 0 Å². The van der Waals surface area contributed by atoms with E-state index in [1.807, 2.05) is 43.5 Å². The summed E-state index contributed by atoms with van der Waals surface area (Å²) in [7, 11) is 0. The molecule has 1 fully saturated rings. The zero-order valence-electron chi connectivity index (χ0n) is 18.4. The number of unbranched alkanes of at least 4 members (excludes halogenated alkanes) is 1. The summed E-state index contributed by atoms with van der Waals surface area (Å²) in [4.78, 5) is 12.2. The fourth-order valence-corrected chi connectivity index (χ4v) is 3.49. The first kappa shape index (κ1) is 25.4. The monoisotopic (exact) mass is 452 g/mol. The minimum absolute atomic E-state index is 0.0462. The van der Waals surface area contributed by atoms with Gasteiger partial charge in [0, 0.05) is 12.2 Å². The van der Waals surface area contributed by atoms with Crippen LogP contribution in [-0.2, 0) is 23.7 Å². The number of hydrogen-bond donors (Lipinski definition) is 1. The van der Waals surface area contributed by atoms with Gasteiger partial charge in [0.1, 0.15) is 17.4 Å². The number of ether oxygens (including phenoxy) is 5. The molecule has 1 aliphatic rings. The van der Waals surface area contributed by atoms with Crippen LogP contribution in [-0.4, -0.2) is 51.3 Å². The largest absolute Gasteiger partial charge is 0.447 e. The Morgan fingerprint density at radius 3 is 2.45 bits per heavy atom. The third-order valence-electron chi connectivity index (χ3n) is 4.76. The number of benzene rings is 1. The van der Waals surface area contributed by atoms with Crippen LogP contribution < -0.4 is 5.32 Å². The van der Waals surface area contributed by atoms with Gasteiger partial charge in [-0.2, -0.15) is 5.26 Å². The Morgan fingerprint density at radius 1 is 1.13 bits per heavy atom. The van der Waals surface area contributed by atoms with Gasteiger partial charge in [-0.1, -0.05) is 37.6 Å². The Labute approximate surface area is 188 Å². The van der Waals surface area contributed by atoms with Crippen molar-refractivity contribution in [2.75, 3.05) is 33.0 Å². The zero-order valence-corrected chi connectivity index (χ0v) is 19.2. The van der Waals surface area contributed by atoms with E-state index in [1.54, 1.807) is 0 Å². The van der Waals surface area contributed by atoms with Gasteiger partial charge in [-0.05, 0) is 37.6 Å². The van der Waals surface area contributed by atoms with Gasteiger partial charge in [0.25, 0.3) is 0 Å². The van der Waals surface area contributed by atoms with Gasteiger partial charge in [0.2, 0.25) is 0 Å². The van der Waals surface area contributed by atoms with E-state index in [-0.39, 0.29) is 25.4 Å². The van der Waals surface area contributed by atoms with Crippen molar-refractivity contribution in [1.29, 1.82) is 5.26 Å². The second-order valence-corrected chi connectivity index (χ2v) is 7.98. The number of nitrogens with zero attached hydrogens (tertiary/aromatic N) is 1. The van der Waals surface area contributed by atoms with Gasteiger partial charge in [0.15, 0.2) is 6.29 Å². The molecule has 0 aromatic heterocycles. The van der Waals surface area contributed by atoms with E-state index in [0.717, 1.165) is 42.3 Å². The second kappa shape index (κ2) is 14.3. The van der Waals surface area contributed by atoms with E-state index >= 15 is 0 Å². The normalized spacial score (nSPS) is 21.4. The summed E-state index contributed by atoms with van der Waals surface area (Å²) in [5.74, 6) is 0. The van der Waals surface area contributed by atoms with Crippen LogP contribution in [0, 0.1) is 10.7 Å². The van der Waals surface area contributed by atoms with Crippen molar-refractivity contribution < 1.29 is 28.5 Å². The fourth-order valence-electron chi connectivity index (χ4n) is 2.89. The maximum Gasteiger partial charge on any atom is 0.408 e. The maximum absolute atomic E-state index is 12.2. The minimum atomic E-state index is -0.625. The van der Waals surface area contributed by atoms with Gasteiger partial charge >= 0.3 is 6.09 Å². The quantitative estimate of drug-likeness (QED) is 0.269. The molecule has 0 bridgehead atoms. The average molecular weight is 453 g/mol. The molecule has 1 aromatic rings. The van der Waals surface area contributed by atoms with Crippen molar-refractivity contribution in [3.8, 4) is 5.40 Å². The summed E-state index contributed by atoms with van der Waals surface area (Å²) in [6, 6.07) is 7.43. The van der Waals surface area contributed by atoms with Gasteiger partial charge in [0.05, 0.1) is 32.0 Å². The molecular weight excluding hydrogens is 420 g/mol. The van der Waals surface area contributed by atoms with Crippen molar-refractivity contribution in [3.05, 3.63) is 35.4 Å². The summed E-state index contributed by atoms with van der Waals surface area (Å²) >= 11 is 0.924. The number of thiocyanates is 1. The van der Waals surface area contributed by atoms with Crippen molar-refractivity contribution in [3.63, 3.8) is 0 Å². The van der Waals surface area contributed by atoms with Crippen LogP contribution in [0.15, 0.2) is 24.3 Å². The molecular formula is C22H32N2O6S. The van der Waals surface area contributed by atoms with Crippen LogP contribution >= 0.6 is 11.8 Å². The molecule has 172 valence electrons.